The van der Waals surface area contributed by atoms with Gasteiger partial charge in [-0.15, -0.1) is 0 Å². The van der Waals surface area contributed by atoms with E-state index in [1.165, 1.54) is 0 Å². The Labute approximate surface area is 126 Å². The van der Waals surface area contributed by atoms with Gasteiger partial charge in [-0.1, -0.05) is 6.92 Å². The predicted molar refractivity (Wildman–Crippen MR) is 80.6 cm³/mol. The van der Waals surface area contributed by atoms with Crippen molar-refractivity contribution in [3.63, 3.8) is 0 Å². The minimum atomic E-state index is -3.00. The molecule has 0 aliphatic carbocycles. The molecule has 21 heavy (non-hydrogen) atoms. The van der Waals surface area contributed by atoms with Gasteiger partial charge in [-0.05, 0) is 26.8 Å². The van der Waals surface area contributed by atoms with Gasteiger partial charge >= 0.3 is 0 Å². The average Bonchev–Trinajstić information content (AvgIpc) is 2.67. The number of carbonyl (C=O) groups excluding carboxylic acids is 2. The van der Waals surface area contributed by atoms with E-state index < -0.39 is 9.84 Å². The summed E-state index contributed by atoms with van der Waals surface area (Å²) in [6.45, 7) is 4.12. The Morgan fingerprint density at radius 2 is 1.90 bits per heavy atom. The van der Waals surface area contributed by atoms with Crippen molar-refractivity contribution in [2.45, 2.75) is 38.8 Å². The molecule has 0 bridgehead atoms. The molecular formula is C13H25N3O4S. The van der Waals surface area contributed by atoms with Crippen molar-refractivity contribution >= 4 is 21.7 Å². The van der Waals surface area contributed by atoms with E-state index in [-0.39, 0.29) is 48.5 Å². The van der Waals surface area contributed by atoms with Crippen LogP contribution in [0.2, 0.25) is 0 Å². The summed E-state index contributed by atoms with van der Waals surface area (Å²) in [7, 11) is -1.32. The fraction of sp³-hybridized carbons (Fsp3) is 0.846. The molecule has 0 radical (unpaired) electrons. The van der Waals surface area contributed by atoms with Crippen molar-refractivity contribution in [2.75, 3.05) is 31.6 Å². The molecule has 0 aromatic heterocycles. The fourth-order valence-corrected chi connectivity index (χ4v) is 3.82. The molecule has 0 aromatic rings. The van der Waals surface area contributed by atoms with E-state index in [2.05, 4.69) is 10.6 Å². The van der Waals surface area contributed by atoms with Crippen LogP contribution in [0.15, 0.2) is 0 Å². The van der Waals surface area contributed by atoms with E-state index in [1.807, 2.05) is 13.8 Å². The summed E-state index contributed by atoms with van der Waals surface area (Å²) in [6, 6.07) is -0.187. The van der Waals surface area contributed by atoms with Crippen LogP contribution in [0.25, 0.3) is 0 Å². The first-order valence-electron chi connectivity index (χ1n) is 7.19. The third-order valence-electron chi connectivity index (χ3n) is 3.44. The summed E-state index contributed by atoms with van der Waals surface area (Å²) in [6.07, 6.45) is 1.32. The highest BCUT2D eigenvalue weighted by molar-refractivity contribution is 7.91. The quantitative estimate of drug-likeness (QED) is 0.636. The number of nitrogens with zero attached hydrogens (tertiary/aromatic N) is 1. The molecule has 2 atom stereocenters. The molecule has 0 unspecified atom stereocenters. The summed E-state index contributed by atoms with van der Waals surface area (Å²) < 4.78 is 22.6. The number of rotatable bonds is 7. The molecule has 7 nitrogen and oxygen atoms in total. The van der Waals surface area contributed by atoms with Gasteiger partial charge in [0.2, 0.25) is 11.8 Å². The monoisotopic (exact) mass is 319 g/mol. The molecule has 0 aromatic carbocycles. The van der Waals surface area contributed by atoms with Crippen molar-refractivity contribution < 1.29 is 18.0 Å². The van der Waals surface area contributed by atoms with Crippen LogP contribution in [-0.4, -0.2) is 68.9 Å². The Morgan fingerprint density at radius 3 is 2.43 bits per heavy atom. The first kappa shape index (κ1) is 17.9. The maximum absolute atomic E-state index is 11.8. The third-order valence-corrected chi connectivity index (χ3v) is 5.21. The van der Waals surface area contributed by atoms with Crippen LogP contribution in [0, 0.1) is 0 Å². The van der Waals surface area contributed by atoms with Crippen LogP contribution in [0.1, 0.15) is 26.7 Å². The summed E-state index contributed by atoms with van der Waals surface area (Å²) in [4.78, 5) is 25.1. The molecule has 122 valence electrons. The van der Waals surface area contributed by atoms with E-state index in [9.17, 15) is 18.0 Å². The van der Waals surface area contributed by atoms with Crippen molar-refractivity contribution in [1.82, 2.24) is 15.5 Å². The lowest BCUT2D eigenvalue weighted by atomic mass is 10.2. The fourth-order valence-electron chi connectivity index (χ4n) is 2.15. The van der Waals surface area contributed by atoms with Gasteiger partial charge in [0.1, 0.15) is 0 Å². The number of sulfone groups is 1. The van der Waals surface area contributed by atoms with E-state index in [1.54, 1.807) is 11.9 Å². The Balaban J connectivity index is 2.29. The number of nitrogens with one attached hydrogen (secondary N) is 2. The minimum Gasteiger partial charge on any atom is -0.353 e. The van der Waals surface area contributed by atoms with E-state index in [4.69, 9.17) is 0 Å². The van der Waals surface area contributed by atoms with Crippen molar-refractivity contribution in [1.29, 1.82) is 0 Å². The van der Waals surface area contributed by atoms with Crippen LogP contribution >= 0.6 is 0 Å². The van der Waals surface area contributed by atoms with Gasteiger partial charge in [0.25, 0.3) is 0 Å². The number of carbonyl (C=O) groups is 2. The second-order valence-electron chi connectivity index (χ2n) is 5.72. The average molecular weight is 319 g/mol. The smallest absolute Gasteiger partial charge is 0.234 e. The Bertz CT molecular complexity index is 478. The molecule has 1 rings (SSSR count). The van der Waals surface area contributed by atoms with Gasteiger partial charge in [-0.25, -0.2) is 8.42 Å². The number of amides is 2. The lowest BCUT2D eigenvalue weighted by molar-refractivity contribution is -0.125. The van der Waals surface area contributed by atoms with Crippen LogP contribution in [-0.2, 0) is 19.4 Å². The SMILES string of the molecule is CC[C@H](C)NC(=O)CN(C)CC(=O)N[C@@H]1CCS(=O)(=O)C1. The second kappa shape index (κ2) is 7.74. The highest BCUT2D eigenvalue weighted by atomic mass is 32.2. The van der Waals surface area contributed by atoms with Crippen molar-refractivity contribution in [2.24, 2.45) is 0 Å². The lowest BCUT2D eigenvalue weighted by Crippen LogP contribution is -2.45. The Hall–Kier alpha value is -1.15. The second-order valence-corrected chi connectivity index (χ2v) is 7.95. The zero-order valence-electron chi connectivity index (χ0n) is 12.9. The summed E-state index contributed by atoms with van der Waals surface area (Å²) in [5.74, 6) is -0.235. The Kier molecular flexibility index (Phi) is 6.60. The molecule has 1 fully saturated rings. The first-order valence-corrected chi connectivity index (χ1v) is 9.01. The van der Waals surface area contributed by atoms with Gasteiger partial charge in [0, 0.05) is 12.1 Å². The molecule has 1 saturated heterocycles. The number of hydrogen-bond donors (Lipinski definition) is 2. The van der Waals surface area contributed by atoms with Crippen LogP contribution in [0.3, 0.4) is 0 Å². The highest BCUT2D eigenvalue weighted by Crippen LogP contribution is 2.10. The third kappa shape index (κ3) is 6.90. The summed E-state index contributed by atoms with van der Waals surface area (Å²) in [5, 5.41) is 5.53. The molecule has 2 amide bonds. The topological polar surface area (TPSA) is 95.6 Å². The molecule has 2 N–H and O–H groups in total. The molecule has 8 heteroatoms. The maximum Gasteiger partial charge on any atom is 0.234 e. The maximum atomic E-state index is 11.8. The number of likely N-dealkylation sites (N-methyl/N-ethyl adjacent to an activating group) is 1. The lowest BCUT2D eigenvalue weighted by Gasteiger charge is -2.19. The molecule has 1 heterocycles. The predicted octanol–water partition coefficient (Wildman–Crippen LogP) is -0.864. The number of hydrogen-bond acceptors (Lipinski definition) is 5. The van der Waals surface area contributed by atoms with Gasteiger partial charge < -0.3 is 10.6 Å². The first-order chi connectivity index (χ1) is 9.71. The highest BCUT2D eigenvalue weighted by Gasteiger charge is 2.29. The largest absolute Gasteiger partial charge is 0.353 e. The van der Waals surface area contributed by atoms with Crippen LogP contribution in [0.4, 0.5) is 0 Å². The van der Waals surface area contributed by atoms with Crippen LogP contribution in [0.5, 0.6) is 0 Å². The summed E-state index contributed by atoms with van der Waals surface area (Å²) >= 11 is 0. The molecule has 1 aliphatic heterocycles. The van der Waals surface area contributed by atoms with Crippen molar-refractivity contribution in [3.8, 4) is 0 Å². The van der Waals surface area contributed by atoms with Gasteiger partial charge in [0.15, 0.2) is 9.84 Å². The van der Waals surface area contributed by atoms with Crippen LogP contribution < -0.4 is 10.6 Å². The van der Waals surface area contributed by atoms with Gasteiger partial charge in [0.05, 0.1) is 24.6 Å². The van der Waals surface area contributed by atoms with Gasteiger partial charge in [-0.2, -0.15) is 0 Å². The summed E-state index contributed by atoms with van der Waals surface area (Å²) in [5.41, 5.74) is 0. The normalized spacial score (nSPS) is 22.0. The van der Waals surface area contributed by atoms with E-state index in [0.29, 0.717) is 6.42 Å². The molecule has 0 spiro atoms. The zero-order chi connectivity index (χ0) is 16.0. The van der Waals surface area contributed by atoms with Gasteiger partial charge in [-0.3, -0.25) is 14.5 Å². The zero-order valence-corrected chi connectivity index (χ0v) is 13.7. The standard InChI is InChI=1S/C13H25N3O4S/c1-4-10(2)14-12(17)7-16(3)8-13(18)15-11-5-6-21(19,20)9-11/h10-11H,4-9H2,1-3H3,(H,14,17)(H,15,18)/t10-,11+/m0/s1. The molecule has 0 saturated carbocycles. The Morgan fingerprint density at radius 1 is 1.29 bits per heavy atom. The van der Waals surface area contributed by atoms with E-state index in [0.717, 1.165) is 6.42 Å². The molecule has 1 aliphatic rings. The minimum absolute atomic E-state index is 0.0109. The van der Waals surface area contributed by atoms with Crippen molar-refractivity contribution in [3.05, 3.63) is 0 Å². The molecular weight excluding hydrogens is 294 g/mol. The van der Waals surface area contributed by atoms with E-state index >= 15 is 0 Å².